The molecule has 17 heavy (non-hydrogen) atoms. The van der Waals surface area contributed by atoms with Crippen LogP contribution in [0, 0.1) is 13.8 Å². The molecule has 0 spiro atoms. The van der Waals surface area contributed by atoms with E-state index in [0.29, 0.717) is 18.9 Å². The molecule has 2 aromatic rings. The van der Waals surface area contributed by atoms with E-state index < -0.39 is 0 Å². The van der Waals surface area contributed by atoms with Gasteiger partial charge in [0.15, 0.2) is 0 Å². The molecule has 0 atom stereocenters. The lowest BCUT2D eigenvalue weighted by Crippen LogP contribution is -2.28. The second-order valence-corrected chi connectivity index (χ2v) is 3.78. The summed E-state index contributed by atoms with van der Waals surface area (Å²) in [6.45, 7) is 4.84. The van der Waals surface area contributed by atoms with E-state index in [4.69, 9.17) is 0 Å². The molecule has 0 radical (unpaired) electrons. The molecule has 2 rings (SSSR count). The highest BCUT2D eigenvalue weighted by Crippen LogP contribution is 1.94. The maximum absolute atomic E-state index is 11.6. The van der Waals surface area contributed by atoms with Crippen molar-refractivity contribution in [3.05, 3.63) is 29.6 Å². The Morgan fingerprint density at radius 3 is 2.94 bits per heavy atom. The van der Waals surface area contributed by atoms with E-state index in [1.165, 1.54) is 0 Å². The lowest BCUT2D eigenvalue weighted by Gasteiger charge is -2.02. The summed E-state index contributed by atoms with van der Waals surface area (Å²) >= 11 is 0. The van der Waals surface area contributed by atoms with Crippen LogP contribution in [-0.2, 0) is 6.54 Å². The molecule has 0 aliphatic carbocycles. The molecule has 7 nitrogen and oxygen atoms in total. The fourth-order valence-corrected chi connectivity index (χ4v) is 1.40. The van der Waals surface area contributed by atoms with Gasteiger partial charge in [0, 0.05) is 12.7 Å². The Kier molecular flexibility index (Phi) is 3.17. The minimum Gasteiger partial charge on any atom is -0.347 e. The number of aromatic nitrogens is 5. The van der Waals surface area contributed by atoms with Gasteiger partial charge in [-0.15, -0.1) is 5.10 Å². The smallest absolute Gasteiger partial charge is 0.291 e. The number of rotatable bonds is 4. The van der Waals surface area contributed by atoms with Crippen LogP contribution < -0.4 is 5.32 Å². The normalized spacial score (nSPS) is 10.5. The van der Waals surface area contributed by atoms with Crippen LogP contribution in [0.5, 0.6) is 0 Å². The van der Waals surface area contributed by atoms with E-state index in [9.17, 15) is 4.79 Å². The van der Waals surface area contributed by atoms with E-state index in [1.54, 1.807) is 17.8 Å². The number of carbonyl (C=O) groups excluding carboxylic acids is 1. The fourth-order valence-electron chi connectivity index (χ4n) is 1.40. The number of hydrogen-bond donors (Lipinski definition) is 2. The van der Waals surface area contributed by atoms with Gasteiger partial charge in [-0.3, -0.25) is 14.6 Å². The number of carbonyl (C=O) groups is 1. The maximum atomic E-state index is 11.6. The van der Waals surface area contributed by atoms with Gasteiger partial charge < -0.3 is 5.32 Å². The quantitative estimate of drug-likeness (QED) is 0.782. The Bertz CT molecular complexity index is 514. The second-order valence-electron chi connectivity index (χ2n) is 3.78. The van der Waals surface area contributed by atoms with Gasteiger partial charge in [-0.05, 0) is 19.4 Å². The van der Waals surface area contributed by atoms with E-state index >= 15 is 0 Å². The number of nitrogens with zero attached hydrogens (tertiary/aromatic N) is 4. The van der Waals surface area contributed by atoms with Crippen LogP contribution >= 0.6 is 0 Å². The third kappa shape index (κ3) is 2.90. The zero-order valence-corrected chi connectivity index (χ0v) is 9.77. The Morgan fingerprint density at radius 1 is 1.53 bits per heavy atom. The van der Waals surface area contributed by atoms with Crippen molar-refractivity contribution in [2.24, 2.45) is 0 Å². The predicted molar refractivity (Wildman–Crippen MR) is 60.4 cm³/mol. The molecular weight excluding hydrogens is 220 g/mol. The lowest BCUT2D eigenvalue weighted by molar-refractivity contribution is 0.0942. The molecule has 0 saturated carbocycles. The topological polar surface area (TPSA) is 88.5 Å². The minimum atomic E-state index is -0.279. The summed E-state index contributed by atoms with van der Waals surface area (Å²) in [6, 6.07) is 0. The summed E-state index contributed by atoms with van der Waals surface area (Å²) in [7, 11) is 0. The molecular formula is C10H14N6O. The summed E-state index contributed by atoms with van der Waals surface area (Å²) in [5.41, 5.74) is 1.10. The second kappa shape index (κ2) is 4.77. The third-order valence-corrected chi connectivity index (χ3v) is 2.19. The summed E-state index contributed by atoms with van der Waals surface area (Å²) in [5.74, 6) is 0.509. The standard InChI is InChI=1S/C10H14N6O/c1-7-5-12-16(6-7)4-3-11-10(17)9-13-8(2)14-15-9/h5-6H,3-4H2,1-2H3,(H,11,17)(H,13,14,15). The van der Waals surface area contributed by atoms with Gasteiger partial charge in [0.1, 0.15) is 5.82 Å². The van der Waals surface area contributed by atoms with E-state index in [0.717, 1.165) is 5.56 Å². The SMILES string of the molecule is Cc1cnn(CCNC(=O)c2n[nH]c(C)n2)c1. The molecule has 90 valence electrons. The van der Waals surface area contributed by atoms with Crippen LogP contribution in [0.2, 0.25) is 0 Å². The first-order valence-electron chi connectivity index (χ1n) is 5.31. The minimum absolute atomic E-state index is 0.166. The Morgan fingerprint density at radius 2 is 2.35 bits per heavy atom. The van der Waals surface area contributed by atoms with Crippen molar-refractivity contribution in [2.45, 2.75) is 20.4 Å². The van der Waals surface area contributed by atoms with Gasteiger partial charge in [-0.2, -0.15) is 5.10 Å². The summed E-state index contributed by atoms with van der Waals surface area (Å²) < 4.78 is 1.78. The summed E-state index contributed by atoms with van der Waals surface area (Å²) in [6.07, 6.45) is 3.70. The lowest BCUT2D eigenvalue weighted by atomic mass is 10.4. The Labute approximate surface area is 98.2 Å². The van der Waals surface area contributed by atoms with Crippen molar-refractivity contribution < 1.29 is 4.79 Å². The van der Waals surface area contributed by atoms with Crippen LogP contribution in [0.1, 0.15) is 22.0 Å². The molecule has 2 N–H and O–H groups in total. The van der Waals surface area contributed by atoms with Crippen LogP contribution in [0.3, 0.4) is 0 Å². The average Bonchev–Trinajstić information content (AvgIpc) is 2.88. The molecule has 0 bridgehead atoms. The maximum Gasteiger partial charge on any atom is 0.291 e. The molecule has 2 heterocycles. The highest BCUT2D eigenvalue weighted by molar-refractivity contribution is 5.90. The fraction of sp³-hybridized carbons (Fsp3) is 0.400. The number of amides is 1. The van der Waals surface area contributed by atoms with Crippen LogP contribution in [0.25, 0.3) is 0 Å². The summed E-state index contributed by atoms with van der Waals surface area (Å²) in [4.78, 5) is 15.5. The molecule has 0 aromatic carbocycles. The molecule has 0 saturated heterocycles. The van der Waals surface area contributed by atoms with Crippen molar-refractivity contribution in [1.29, 1.82) is 0 Å². The van der Waals surface area contributed by atoms with Crippen LogP contribution in [0.4, 0.5) is 0 Å². The first-order valence-corrected chi connectivity index (χ1v) is 5.31. The summed E-state index contributed by atoms with van der Waals surface area (Å²) in [5, 5.41) is 13.2. The van der Waals surface area contributed by atoms with Crippen molar-refractivity contribution in [3.8, 4) is 0 Å². The van der Waals surface area contributed by atoms with Crippen LogP contribution in [0.15, 0.2) is 12.4 Å². The van der Waals surface area contributed by atoms with Crippen molar-refractivity contribution >= 4 is 5.91 Å². The molecule has 0 aliphatic rings. The number of aryl methyl sites for hydroxylation is 2. The van der Waals surface area contributed by atoms with E-state index in [2.05, 4.69) is 25.6 Å². The van der Waals surface area contributed by atoms with Gasteiger partial charge >= 0.3 is 0 Å². The number of H-pyrrole nitrogens is 1. The molecule has 2 aromatic heterocycles. The first kappa shape index (κ1) is 11.3. The largest absolute Gasteiger partial charge is 0.347 e. The van der Waals surface area contributed by atoms with Gasteiger partial charge in [-0.1, -0.05) is 0 Å². The van der Waals surface area contributed by atoms with Gasteiger partial charge in [0.2, 0.25) is 5.82 Å². The highest BCUT2D eigenvalue weighted by atomic mass is 16.2. The number of hydrogen-bond acceptors (Lipinski definition) is 4. The molecule has 7 heteroatoms. The zero-order chi connectivity index (χ0) is 12.3. The average molecular weight is 234 g/mol. The predicted octanol–water partition coefficient (Wildman–Crippen LogP) is 0.0480. The monoisotopic (exact) mass is 234 g/mol. The third-order valence-electron chi connectivity index (χ3n) is 2.19. The van der Waals surface area contributed by atoms with Crippen molar-refractivity contribution in [2.75, 3.05) is 6.54 Å². The highest BCUT2D eigenvalue weighted by Gasteiger charge is 2.09. The van der Waals surface area contributed by atoms with E-state index in [-0.39, 0.29) is 11.7 Å². The van der Waals surface area contributed by atoms with Gasteiger partial charge in [0.05, 0.1) is 12.7 Å². The van der Waals surface area contributed by atoms with Crippen molar-refractivity contribution in [1.82, 2.24) is 30.3 Å². The van der Waals surface area contributed by atoms with Crippen molar-refractivity contribution in [3.63, 3.8) is 0 Å². The van der Waals surface area contributed by atoms with E-state index in [1.807, 2.05) is 13.1 Å². The molecule has 0 fully saturated rings. The molecule has 0 aliphatic heterocycles. The van der Waals surface area contributed by atoms with Crippen LogP contribution in [-0.4, -0.2) is 37.4 Å². The zero-order valence-electron chi connectivity index (χ0n) is 9.77. The number of nitrogens with one attached hydrogen (secondary N) is 2. The Balaban J connectivity index is 1.81. The molecule has 0 unspecified atom stereocenters. The first-order chi connectivity index (χ1) is 8.15. The molecule has 1 amide bonds. The van der Waals surface area contributed by atoms with Gasteiger partial charge in [0.25, 0.3) is 5.91 Å². The Hall–Kier alpha value is -2.18. The number of aromatic amines is 1. The van der Waals surface area contributed by atoms with Gasteiger partial charge in [-0.25, -0.2) is 4.98 Å².